The largest absolute Gasteiger partial charge is 0.299 e. The number of carbonyl (C=O) groups is 1. The molecule has 0 aromatic heterocycles. The van der Waals surface area contributed by atoms with E-state index >= 15 is 0 Å². The summed E-state index contributed by atoms with van der Waals surface area (Å²) in [6.45, 7) is 4.37. The number of ketones is 1. The number of nitrogens with zero attached hydrogens (tertiary/aromatic N) is 1. The molecule has 4 rings (SSSR count). The number of Topliss-reactive ketones (excluding diaryl/α,β-unsaturated/α-hetero) is 1. The Morgan fingerprint density at radius 3 is 2.22 bits per heavy atom. The molecular formula is C33H47NOS. The zero-order chi connectivity index (χ0) is 25.3. The van der Waals surface area contributed by atoms with Gasteiger partial charge in [-0.05, 0) is 106 Å². The van der Waals surface area contributed by atoms with Crippen molar-refractivity contribution in [3.8, 4) is 0 Å². The summed E-state index contributed by atoms with van der Waals surface area (Å²) in [5.74, 6) is 4.17. The molecule has 0 heterocycles. The monoisotopic (exact) mass is 505 g/mol. The van der Waals surface area contributed by atoms with Crippen LogP contribution in [0, 0.1) is 36.5 Å². The Balaban J connectivity index is 1.15. The summed E-state index contributed by atoms with van der Waals surface area (Å²) in [6, 6.07) is 8.42. The van der Waals surface area contributed by atoms with Gasteiger partial charge in [0.05, 0.1) is 5.71 Å². The number of thiol groups is 1. The third-order valence-corrected chi connectivity index (χ3v) is 9.60. The predicted molar refractivity (Wildman–Crippen MR) is 157 cm³/mol. The van der Waals surface area contributed by atoms with Crippen LogP contribution >= 0.6 is 12.8 Å². The molecule has 196 valence electrons. The Morgan fingerprint density at radius 2 is 1.58 bits per heavy atom. The SMILES string of the molecule is CCC1CC=CC=C(C2CCC(CC3CCC(CCC(=O)Cc4ccc(C)cc4)CC3)CC2)/C1=N/S. The first-order chi connectivity index (χ1) is 17.6. The summed E-state index contributed by atoms with van der Waals surface area (Å²) in [7, 11) is 0. The number of hydrogen-bond acceptors (Lipinski definition) is 3. The Hall–Kier alpha value is -1.61. The van der Waals surface area contributed by atoms with Gasteiger partial charge in [-0.3, -0.25) is 4.79 Å². The molecule has 2 saturated carbocycles. The van der Waals surface area contributed by atoms with Crippen molar-refractivity contribution in [2.45, 2.75) is 104 Å². The van der Waals surface area contributed by atoms with Crippen LogP contribution in [0.5, 0.6) is 0 Å². The van der Waals surface area contributed by atoms with Gasteiger partial charge in [-0.25, -0.2) is 4.40 Å². The average molecular weight is 506 g/mol. The van der Waals surface area contributed by atoms with E-state index in [1.165, 1.54) is 74.6 Å². The van der Waals surface area contributed by atoms with Crippen LogP contribution in [0.25, 0.3) is 0 Å². The quantitative estimate of drug-likeness (QED) is 0.333. The van der Waals surface area contributed by atoms with Gasteiger partial charge in [0.15, 0.2) is 0 Å². The predicted octanol–water partition coefficient (Wildman–Crippen LogP) is 9.09. The molecule has 3 aliphatic carbocycles. The van der Waals surface area contributed by atoms with Crippen molar-refractivity contribution in [1.82, 2.24) is 0 Å². The van der Waals surface area contributed by atoms with Crippen LogP contribution in [0.4, 0.5) is 0 Å². The minimum Gasteiger partial charge on any atom is -0.299 e. The minimum absolute atomic E-state index is 0.411. The van der Waals surface area contributed by atoms with Crippen molar-refractivity contribution in [2.24, 2.45) is 34.0 Å². The summed E-state index contributed by atoms with van der Waals surface area (Å²) in [5, 5.41) is 0. The molecule has 1 atom stereocenters. The molecule has 1 aromatic carbocycles. The van der Waals surface area contributed by atoms with Gasteiger partial charge in [-0.2, -0.15) is 0 Å². The average Bonchev–Trinajstić information content (AvgIpc) is 3.12. The van der Waals surface area contributed by atoms with Crippen LogP contribution < -0.4 is 0 Å². The first-order valence-corrected chi connectivity index (χ1v) is 15.1. The zero-order valence-corrected chi connectivity index (χ0v) is 23.5. The van der Waals surface area contributed by atoms with E-state index in [2.05, 4.69) is 73.6 Å². The second-order valence-corrected chi connectivity index (χ2v) is 12.2. The Kier molecular flexibility index (Phi) is 10.5. The van der Waals surface area contributed by atoms with Crippen molar-refractivity contribution in [3.05, 3.63) is 59.2 Å². The fraction of sp³-hybridized carbons (Fsp3) is 0.636. The molecule has 0 spiro atoms. The summed E-state index contributed by atoms with van der Waals surface area (Å²) in [4.78, 5) is 12.5. The summed E-state index contributed by atoms with van der Waals surface area (Å²) in [5.41, 5.74) is 5.15. The van der Waals surface area contributed by atoms with Crippen LogP contribution in [0.2, 0.25) is 0 Å². The van der Waals surface area contributed by atoms with E-state index in [0.29, 0.717) is 24.0 Å². The normalized spacial score (nSPS) is 30.1. The van der Waals surface area contributed by atoms with Gasteiger partial charge >= 0.3 is 0 Å². The summed E-state index contributed by atoms with van der Waals surface area (Å²) >= 11 is 4.37. The van der Waals surface area contributed by atoms with E-state index in [-0.39, 0.29) is 0 Å². The lowest BCUT2D eigenvalue weighted by molar-refractivity contribution is -0.118. The van der Waals surface area contributed by atoms with Gasteiger partial charge in [0.1, 0.15) is 5.78 Å². The third-order valence-electron chi connectivity index (χ3n) is 9.39. The highest BCUT2D eigenvalue weighted by Crippen LogP contribution is 2.42. The van der Waals surface area contributed by atoms with Crippen LogP contribution in [0.3, 0.4) is 0 Å². The van der Waals surface area contributed by atoms with Gasteiger partial charge in [-0.1, -0.05) is 80.7 Å². The van der Waals surface area contributed by atoms with Crippen LogP contribution in [-0.2, 0) is 11.2 Å². The number of hydrogen-bond donors (Lipinski definition) is 1. The lowest BCUT2D eigenvalue weighted by Gasteiger charge is -2.35. The number of benzene rings is 1. The molecule has 0 N–H and O–H groups in total. The highest BCUT2D eigenvalue weighted by molar-refractivity contribution is 7.79. The minimum atomic E-state index is 0.411. The van der Waals surface area contributed by atoms with Crippen molar-refractivity contribution >= 4 is 24.3 Å². The highest BCUT2D eigenvalue weighted by atomic mass is 32.1. The van der Waals surface area contributed by atoms with Gasteiger partial charge in [-0.15, -0.1) is 0 Å². The molecule has 3 aliphatic rings. The smallest absolute Gasteiger partial charge is 0.137 e. The Bertz CT molecular complexity index is 927. The molecular weight excluding hydrogens is 458 g/mol. The van der Waals surface area contributed by atoms with Crippen LogP contribution in [0.1, 0.15) is 102 Å². The van der Waals surface area contributed by atoms with Crippen molar-refractivity contribution in [2.75, 3.05) is 0 Å². The van der Waals surface area contributed by atoms with Gasteiger partial charge in [0, 0.05) is 18.8 Å². The highest BCUT2D eigenvalue weighted by Gasteiger charge is 2.31. The van der Waals surface area contributed by atoms with E-state index < -0.39 is 0 Å². The Morgan fingerprint density at radius 1 is 0.944 bits per heavy atom. The molecule has 0 amide bonds. The van der Waals surface area contributed by atoms with E-state index in [1.54, 1.807) is 0 Å². The molecule has 1 unspecified atom stereocenters. The van der Waals surface area contributed by atoms with Crippen LogP contribution in [0.15, 0.2) is 52.5 Å². The molecule has 2 nitrogen and oxygen atoms in total. The third kappa shape index (κ3) is 7.70. The van der Waals surface area contributed by atoms with Crippen LogP contribution in [-0.4, -0.2) is 11.5 Å². The lowest BCUT2D eigenvalue weighted by Crippen LogP contribution is -2.25. The molecule has 3 heteroatoms. The standard InChI is InChI=1S/C33H47NOS/c1-3-29-6-4-5-7-32(33(29)34-36)30-19-16-27(17-20-30)22-26-14-12-25(13-15-26)18-21-31(35)23-28-10-8-24(2)9-11-28/h4-5,7-11,25-27,29-30,36H,3,6,12-23H2,1-2H3/b34-33+. The van der Waals surface area contributed by atoms with Gasteiger partial charge in [0.2, 0.25) is 0 Å². The molecule has 2 fully saturated rings. The molecule has 1 aromatic rings. The van der Waals surface area contributed by atoms with Crippen molar-refractivity contribution < 1.29 is 4.79 Å². The van der Waals surface area contributed by atoms with Crippen molar-refractivity contribution in [3.63, 3.8) is 0 Å². The van der Waals surface area contributed by atoms with Crippen molar-refractivity contribution in [1.29, 1.82) is 0 Å². The molecule has 0 radical (unpaired) electrons. The molecule has 0 aliphatic heterocycles. The first-order valence-electron chi connectivity index (χ1n) is 14.7. The van der Waals surface area contributed by atoms with E-state index in [1.807, 2.05) is 0 Å². The maximum atomic E-state index is 12.5. The Labute approximate surface area is 225 Å². The number of allylic oxidation sites excluding steroid dienone is 4. The van der Waals surface area contributed by atoms with E-state index in [4.69, 9.17) is 0 Å². The van der Waals surface area contributed by atoms with Gasteiger partial charge < -0.3 is 0 Å². The topological polar surface area (TPSA) is 29.4 Å². The zero-order valence-electron chi connectivity index (χ0n) is 22.6. The number of aryl methyl sites for hydroxylation is 1. The maximum absolute atomic E-state index is 12.5. The fourth-order valence-corrected chi connectivity index (χ4v) is 7.29. The fourth-order valence-electron chi connectivity index (χ4n) is 7.02. The first kappa shape index (κ1) is 27.4. The van der Waals surface area contributed by atoms with Gasteiger partial charge in [0.25, 0.3) is 0 Å². The maximum Gasteiger partial charge on any atom is 0.137 e. The molecule has 36 heavy (non-hydrogen) atoms. The second-order valence-electron chi connectivity index (χ2n) is 12.0. The van der Waals surface area contributed by atoms with E-state index in [0.717, 1.165) is 49.0 Å². The lowest BCUT2D eigenvalue weighted by atomic mass is 9.70. The second kappa shape index (κ2) is 13.8. The molecule has 0 saturated heterocycles. The summed E-state index contributed by atoms with van der Waals surface area (Å²) < 4.78 is 4.47. The number of carbonyl (C=O) groups excluding carboxylic acids is 1. The van der Waals surface area contributed by atoms with E-state index in [9.17, 15) is 4.79 Å². The summed E-state index contributed by atoms with van der Waals surface area (Å²) in [6.07, 6.45) is 23.8. The molecule has 0 bridgehead atoms. The number of rotatable bonds is 9.